The summed E-state index contributed by atoms with van der Waals surface area (Å²) in [5, 5.41) is 3.71. The molecule has 0 aliphatic carbocycles. The van der Waals surface area contributed by atoms with E-state index in [1.54, 1.807) is 19.1 Å². The van der Waals surface area contributed by atoms with Crippen LogP contribution in [0.4, 0.5) is 5.69 Å². The summed E-state index contributed by atoms with van der Waals surface area (Å²) < 4.78 is 43.5. The molecule has 2 aromatic carbocycles. The molecule has 164 valence electrons. The van der Waals surface area contributed by atoms with Crippen molar-refractivity contribution in [3.63, 3.8) is 0 Å². The Hall–Kier alpha value is -3.33. The number of carbonyl (C=O) groups excluding carboxylic acids is 1. The van der Waals surface area contributed by atoms with Crippen LogP contribution < -0.4 is 9.04 Å². The van der Waals surface area contributed by atoms with E-state index in [2.05, 4.69) is 5.16 Å². The Kier molecular flexibility index (Phi) is 6.35. The minimum absolute atomic E-state index is 0.00400. The minimum Gasteiger partial charge on any atom is -0.495 e. The maximum Gasteiger partial charge on any atom is 0.360 e. The molecule has 3 rings (SSSR count). The van der Waals surface area contributed by atoms with Crippen molar-refractivity contribution in [3.8, 4) is 17.1 Å². The van der Waals surface area contributed by atoms with E-state index in [9.17, 15) is 13.2 Å². The lowest BCUT2D eigenvalue weighted by Crippen LogP contribution is -2.27. The molecule has 0 saturated heterocycles. The van der Waals surface area contributed by atoms with Gasteiger partial charge in [-0.2, -0.15) is 0 Å². The first-order valence-corrected chi connectivity index (χ1v) is 11.0. The molecule has 0 aliphatic rings. The van der Waals surface area contributed by atoms with Crippen LogP contribution in [0.2, 0.25) is 0 Å². The van der Waals surface area contributed by atoms with Crippen LogP contribution in [-0.4, -0.2) is 40.3 Å². The Labute approximate surface area is 181 Å². The molecule has 0 amide bonds. The van der Waals surface area contributed by atoms with Crippen molar-refractivity contribution in [2.24, 2.45) is 0 Å². The lowest BCUT2D eigenvalue weighted by molar-refractivity contribution is 0.0514. The van der Waals surface area contributed by atoms with Gasteiger partial charge in [-0.15, -0.1) is 0 Å². The third-order valence-electron chi connectivity index (χ3n) is 4.94. The highest BCUT2D eigenvalue weighted by Gasteiger charge is 2.27. The van der Waals surface area contributed by atoms with Crippen LogP contribution in [0.3, 0.4) is 0 Å². The first kappa shape index (κ1) is 22.4. The van der Waals surface area contributed by atoms with Crippen LogP contribution in [0.15, 0.2) is 51.9 Å². The number of hydrogen-bond donors (Lipinski definition) is 0. The summed E-state index contributed by atoms with van der Waals surface area (Å²) in [6, 6.07) is 11.4. The number of sulfonamides is 1. The topological polar surface area (TPSA) is 98.9 Å². The van der Waals surface area contributed by atoms with Crippen molar-refractivity contribution in [2.45, 2.75) is 25.7 Å². The highest BCUT2D eigenvalue weighted by atomic mass is 32.2. The highest BCUT2D eigenvalue weighted by Crippen LogP contribution is 2.34. The number of nitrogens with zero attached hydrogens (tertiary/aromatic N) is 2. The van der Waals surface area contributed by atoms with Gasteiger partial charge < -0.3 is 14.0 Å². The largest absolute Gasteiger partial charge is 0.495 e. The second-order valence-corrected chi connectivity index (χ2v) is 8.84. The molecule has 0 unspecified atom stereocenters. The summed E-state index contributed by atoms with van der Waals surface area (Å²) in [5.74, 6) is -0.200. The molecular formula is C22H24N2O6S. The Morgan fingerprint density at radius 1 is 1.10 bits per heavy atom. The van der Waals surface area contributed by atoms with Gasteiger partial charge in [0.15, 0.2) is 11.5 Å². The molecule has 8 nitrogen and oxygen atoms in total. The number of methoxy groups -OCH3 is 1. The maximum absolute atomic E-state index is 13.4. The van der Waals surface area contributed by atoms with E-state index in [4.69, 9.17) is 14.0 Å². The first-order chi connectivity index (χ1) is 14.7. The number of carbonyl (C=O) groups is 1. The molecule has 31 heavy (non-hydrogen) atoms. The number of hydrogen-bond acceptors (Lipinski definition) is 7. The number of rotatable bonds is 7. The SMILES string of the molecule is CCOC(=O)c1cc(-c2ccc(OC)c(S(=O)(=O)N(C)c3ccc(C)c(C)c3)c2)on1. The predicted octanol–water partition coefficient (Wildman–Crippen LogP) is 3.97. The molecule has 0 saturated carbocycles. The summed E-state index contributed by atoms with van der Waals surface area (Å²) in [6.07, 6.45) is 0. The van der Waals surface area contributed by atoms with E-state index in [1.165, 1.54) is 36.7 Å². The van der Waals surface area contributed by atoms with E-state index in [0.29, 0.717) is 11.3 Å². The lowest BCUT2D eigenvalue weighted by Gasteiger charge is -2.22. The summed E-state index contributed by atoms with van der Waals surface area (Å²) in [5.41, 5.74) is 3.00. The molecule has 1 heterocycles. The molecule has 3 aromatic rings. The Morgan fingerprint density at radius 2 is 1.84 bits per heavy atom. The zero-order valence-corrected chi connectivity index (χ0v) is 18.8. The minimum atomic E-state index is -3.96. The van der Waals surface area contributed by atoms with Crippen LogP contribution >= 0.6 is 0 Å². The van der Waals surface area contributed by atoms with E-state index < -0.39 is 16.0 Å². The van der Waals surface area contributed by atoms with Crippen molar-refractivity contribution in [1.82, 2.24) is 5.16 Å². The number of ether oxygens (including phenoxy) is 2. The fourth-order valence-corrected chi connectivity index (χ4v) is 4.32. The molecule has 0 radical (unpaired) electrons. The molecule has 0 fully saturated rings. The van der Waals surface area contributed by atoms with E-state index in [-0.39, 0.29) is 28.7 Å². The van der Waals surface area contributed by atoms with Gasteiger partial charge in [0.25, 0.3) is 10.0 Å². The second-order valence-electron chi connectivity index (χ2n) is 6.90. The Morgan fingerprint density at radius 3 is 2.48 bits per heavy atom. The second kappa shape index (κ2) is 8.81. The zero-order chi connectivity index (χ0) is 22.8. The quantitative estimate of drug-likeness (QED) is 0.509. The van der Waals surface area contributed by atoms with Gasteiger partial charge in [-0.25, -0.2) is 13.2 Å². The number of aryl methyl sites for hydroxylation is 2. The molecule has 0 atom stereocenters. The molecule has 0 bridgehead atoms. The highest BCUT2D eigenvalue weighted by molar-refractivity contribution is 7.93. The van der Waals surface area contributed by atoms with Crippen molar-refractivity contribution in [3.05, 3.63) is 59.3 Å². The molecule has 0 spiro atoms. The van der Waals surface area contributed by atoms with Crippen molar-refractivity contribution in [2.75, 3.05) is 25.1 Å². The van der Waals surface area contributed by atoms with Crippen LogP contribution in [0.25, 0.3) is 11.3 Å². The standard InChI is InChI=1S/C22H24N2O6S/c1-6-29-22(25)18-13-20(30-23-18)16-8-10-19(28-5)21(12-16)31(26,27)24(4)17-9-7-14(2)15(3)11-17/h7-13H,6H2,1-5H3. The smallest absolute Gasteiger partial charge is 0.360 e. The molecule has 0 aliphatic heterocycles. The van der Waals surface area contributed by atoms with Gasteiger partial charge >= 0.3 is 5.97 Å². The number of anilines is 1. The van der Waals surface area contributed by atoms with Gasteiger partial charge in [-0.1, -0.05) is 11.2 Å². The van der Waals surface area contributed by atoms with Crippen LogP contribution in [0.5, 0.6) is 5.75 Å². The van der Waals surface area contributed by atoms with Gasteiger partial charge in [0.2, 0.25) is 0 Å². The van der Waals surface area contributed by atoms with Gasteiger partial charge in [0.05, 0.1) is 19.4 Å². The molecule has 1 aromatic heterocycles. The van der Waals surface area contributed by atoms with E-state index >= 15 is 0 Å². The molecular weight excluding hydrogens is 420 g/mol. The predicted molar refractivity (Wildman–Crippen MR) is 116 cm³/mol. The summed E-state index contributed by atoms with van der Waals surface area (Å²) in [6.45, 7) is 5.77. The van der Waals surface area contributed by atoms with Crippen molar-refractivity contribution >= 4 is 21.7 Å². The fraction of sp³-hybridized carbons (Fsp3) is 0.273. The van der Waals surface area contributed by atoms with Crippen molar-refractivity contribution < 1.29 is 27.2 Å². The number of benzene rings is 2. The summed E-state index contributed by atoms with van der Waals surface area (Å²) in [7, 11) is -1.07. The van der Waals surface area contributed by atoms with E-state index in [1.807, 2.05) is 26.0 Å². The van der Waals surface area contributed by atoms with Crippen LogP contribution in [-0.2, 0) is 14.8 Å². The van der Waals surface area contributed by atoms with Gasteiger partial charge in [0.1, 0.15) is 10.6 Å². The monoisotopic (exact) mass is 444 g/mol. The Bertz CT molecular complexity index is 1220. The van der Waals surface area contributed by atoms with Crippen LogP contribution in [0.1, 0.15) is 28.5 Å². The summed E-state index contributed by atoms with van der Waals surface area (Å²) >= 11 is 0. The fourth-order valence-electron chi connectivity index (χ4n) is 2.95. The summed E-state index contributed by atoms with van der Waals surface area (Å²) in [4.78, 5) is 11.8. The maximum atomic E-state index is 13.4. The lowest BCUT2D eigenvalue weighted by atomic mass is 10.1. The molecule has 0 N–H and O–H groups in total. The van der Waals surface area contributed by atoms with Gasteiger partial charge in [-0.05, 0) is 62.2 Å². The first-order valence-electron chi connectivity index (χ1n) is 9.57. The normalized spacial score (nSPS) is 11.3. The average molecular weight is 445 g/mol. The number of aromatic nitrogens is 1. The van der Waals surface area contributed by atoms with Crippen molar-refractivity contribution in [1.29, 1.82) is 0 Å². The van der Waals surface area contributed by atoms with Gasteiger partial charge in [-0.3, -0.25) is 4.31 Å². The van der Waals surface area contributed by atoms with Gasteiger partial charge in [0, 0.05) is 18.7 Å². The Balaban J connectivity index is 2.04. The third-order valence-corrected chi connectivity index (χ3v) is 6.74. The van der Waals surface area contributed by atoms with E-state index in [0.717, 1.165) is 11.1 Å². The molecule has 9 heteroatoms. The average Bonchev–Trinajstić information content (AvgIpc) is 3.25. The third kappa shape index (κ3) is 4.41. The zero-order valence-electron chi connectivity index (χ0n) is 18.0. The van der Waals surface area contributed by atoms with Crippen LogP contribution in [0, 0.1) is 13.8 Å². The number of esters is 1.